The molecule has 2 aromatic heterocycles. The summed E-state index contributed by atoms with van der Waals surface area (Å²) in [6, 6.07) is 2.17. The topological polar surface area (TPSA) is 91.2 Å². The minimum atomic E-state index is -1.25. The lowest BCUT2D eigenvalue weighted by Gasteiger charge is -2.23. The first-order valence-corrected chi connectivity index (χ1v) is 6.73. The van der Waals surface area contributed by atoms with Gasteiger partial charge in [-0.25, -0.2) is 9.97 Å². The van der Waals surface area contributed by atoms with Crippen molar-refractivity contribution in [1.82, 2.24) is 15.0 Å². The van der Waals surface area contributed by atoms with Gasteiger partial charge < -0.3 is 15.5 Å². The second kappa shape index (κ2) is 4.64. The molecular weight excluding hydrogens is 256 g/mol. The normalized spacial score (nSPS) is 17.2. The Hall–Kier alpha value is -1.79. The van der Waals surface area contributed by atoms with E-state index in [-0.39, 0.29) is 0 Å². The number of hydrogen-bond acceptors (Lipinski definition) is 6. The molecule has 2 heterocycles. The molecule has 3 rings (SSSR count). The third kappa shape index (κ3) is 2.71. The number of pyridine rings is 1. The zero-order valence-electron chi connectivity index (χ0n) is 11.5. The van der Waals surface area contributed by atoms with Crippen molar-refractivity contribution in [2.24, 2.45) is 0 Å². The molecule has 1 saturated carbocycles. The van der Waals surface area contributed by atoms with Crippen molar-refractivity contribution in [2.75, 3.05) is 5.32 Å². The summed E-state index contributed by atoms with van der Waals surface area (Å²) in [4.78, 5) is 12.9. The smallest absolute Gasteiger partial charge is 0.145 e. The molecule has 6 nitrogen and oxygen atoms in total. The highest BCUT2D eigenvalue weighted by Gasteiger charge is 2.27. The van der Waals surface area contributed by atoms with Gasteiger partial charge in [-0.1, -0.05) is 0 Å². The van der Waals surface area contributed by atoms with Crippen LogP contribution in [-0.4, -0.2) is 36.8 Å². The Morgan fingerprint density at radius 2 is 2.00 bits per heavy atom. The van der Waals surface area contributed by atoms with Gasteiger partial charge in [-0.15, -0.1) is 0 Å². The molecule has 0 radical (unpaired) electrons. The lowest BCUT2D eigenvalue weighted by molar-refractivity contribution is -0.0516. The molecule has 0 bridgehead atoms. The summed E-state index contributed by atoms with van der Waals surface area (Å²) < 4.78 is 0. The van der Waals surface area contributed by atoms with Crippen molar-refractivity contribution in [2.45, 2.75) is 44.4 Å². The van der Waals surface area contributed by atoms with E-state index in [4.69, 9.17) is 0 Å². The van der Waals surface area contributed by atoms with Crippen LogP contribution in [0.4, 0.5) is 5.82 Å². The first-order chi connectivity index (χ1) is 9.43. The SMILES string of the molecule is CC(C)(O)[C@@H](O)c1cc2nc(NC3CC3)cnc2cn1. The van der Waals surface area contributed by atoms with Crippen molar-refractivity contribution in [1.29, 1.82) is 0 Å². The van der Waals surface area contributed by atoms with Crippen LogP contribution in [0.1, 0.15) is 38.5 Å². The molecule has 0 saturated heterocycles. The van der Waals surface area contributed by atoms with E-state index in [0.29, 0.717) is 22.8 Å². The summed E-state index contributed by atoms with van der Waals surface area (Å²) in [7, 11) is 0. The van der Waals surface area contributed by atoms with Gasteiger partial charge in [-0.05, 0) is 32.8 Å². The monoisotopic (exact) mass is 274 g/mol. The Balaban J connectivity index is 1.95. The van der Waals surface area contributed by atoms with E-state index < -0.39 is 11.7 Å². The quantitative estimate of drug-likeness (QED) is 0.780. The van der Waals surface area contributed by atoms with Gasteiger partial charge in [0.2, 0.25) is 0 Å². The van der Waals surface area contributed by atoms with Crippen LogP contribution in [0.5, 0.6) is 0 Å². The van der Waals surface area contributed by atoms with Gasteiger partial charge >= 0.3 is 0 Å². The minimum absolute atomic E-state index is 0.392. The molecular formula is C14H18N4O2. The van der Waals surface area contributed by atoms with Crippen molar-refractivity contribution < 1.29 is 10.2 Å². The highest BCUT2D eigenvalue weighted by atomic mass is 16.3. The number of aliphatic hydroxyl groups excluding tert-OH is 1. The van der Waals surface area contributed by atoms with Crippen molar-refractivity contribution >= 4 is 16.9 Å². The average molecular weight is 274 g/mol. The molecule has 1 fully saturated rings. The molecule has 20 heavy (non-hydrogen) atoms. The predicted octanol–water partition coefficient (Wildman–Crippen LogP) is 1.40. The predicted molar refractivity (Wildman–Crippen MR) is 75.2 cm³/mol. The van der Waals surface area contributed by atoms with Crippen molar-refractivity contribution in [3.05, 3.63) is 24.2 Å². The van der Waals surface area contributed by atoms with Crippen LogP contribution in [0.3, 0.4) is 0 Å². The van der Waals surface area contributed by atoms with E-state index in [1.807, 2.05) is 0 Å². The lowest BCUT2D eigenvalue weighted by Crippen LogP contribution is -2.29. The largest absolute Gasteiger partial charge is 0.387 e. The third-order valence-electron chi connectivity index (χ3n) is 3.33. The summed E-state index contributed by atoms with van der Waals surface area (Å²) in [6.07, 6.45) is 4.52. The second-order valence-electron chi connectivity index (χ2n) is 5.83. The van der Waals surface area contributed by atoms with Gasteiger partial charge in [0.25, 0.3) is 0 Å². The van der Waals surface area contributed by atoms with Crippen LogP contribution in [-0.2, 0) is 0 Å². The summed E-state index contributed by atoms with van der Waals surface area (Å²) in [6.45, 7) is 3.08. The number of aliphatic hydroxyl groups is 2. The van der Waals surface area contributed by atoms with Crippen LogP contribution in [0.15, 0.2) is 18.5 Å². The van der Waals surface area contributed by atoms with Crippen molar-refractivity contribution in [3.63, 3.8) is 0 Å². The van der Waals surface area contributed by atoms with Gasteiger partial charge in [0, 0.05) is 6.04 Å². The summed E-state index contributed by atoms with van der Waals surface area (Å²) in [5, 5.41) is 23.2. The summed E-state index contributed by atoms with van der Waals surface area (Å²) in [5.41, 5.74) is 0.461. The van der Waals surface area contributed by atoms with Gasteiger partial charge in [0.15, 0.2) is 0 Å². The Bertz CT molecular complexity index is 635. The fraction of sp³-hybridized carbons (Fsp3) is 0.500. The number of fused-ring (bicyclic) bond motifs is 1. The Morgan fingerprint density at radius 1 is 1.25 bits per heavy atom. The Kier molecular flexibility index (Phi) is 3.07. The van der Waals surface area contributed by atoms with E-state index in [0.717, 1.165) is 5.82 Å². The standard InChI is InChI=1S/C14H18N4O2/c1-14(2,20)13(19)10-5-9-11(6-15-10)16-7-12(18-9)17-8-3-4-8/h5-8,13,19-20H,3-4H2,1-2H3,(H,17,18)/t13-/m0/s1. The molecule has 6 heteroatoms. The molecule has 1 aliphatic rings. The molecule has 3 N–H and O–H groups in total. The van der Waals surface area contributed by atoms with Crippen molar-refractivity contribution in [3.8, 4) is 0 Å². The van der Waals surface area contributed by atoms with Crippen LogP contribution in [0.25, 0.3) is 11.0 Å². The third-order valence-corrected chi connectivity index (χ3v) is 3.33. The van der Waals surface area contributed by atoms with E-state index in [9.17, 15) is 10.2 Å². The molecule has 0 unspecified atom stereocenters. The number of rotatable bonds is 4. The number of hydrogen-bond donors (Lipinski definition) is 3. The van der Waals surface area contributed by atoms with Crippen LogP contribution >= 0.6 is 0 Å². The van der Waals surface area contributed by atoms with Crippen LogP contribution in [0, 0.1) is 0 Å². The Labute approximate surface area is 116 Å². The number of anilines is 1. The maximum Gasteiger partial charge on any atom is 0.145 e. The maximum atomic E-state index is 10.1. The lowest BCUT2D eigenvalue weighted by atomic mass is 9.98. The fourth-order valence-electron chi connectivity index (χ4n) is 1.95. The molecule has 1 atom stereocenters. The van der Waals surface area contributed by atoms with E-state index in [1.54, 1.807) is 32.3 Å². The van der Waals surface area contributed by atoms with Gasteiger partial charge in [-0.3, -0.25) is 4.98 Å². The molecule has 1 aliphatic carbocycles. The van der Waals surface area contributed by atoms with Crippen LogP contribution in [0.2, 0.25) is 0 Å². The summed E-state index contributed by atoms with van der Waals surface area (Å²) in [5.74, 6) is 0.731. The highest BCUT2D eigenvalue weighted by molar-refractivity contribution is 5.75. The molecule has 0 aliphatic heterocycles. The number of aromatic nitrogens is 3. The van der Waals surface area contributed by atoms with Gasteiger partial charge in [0.1, 0.15) is 17.4 Å². The number of nitrogens with one attached hydrogen (secondary N) is 1. The maximum absolute atomic E-state index is 10.1. The minimum Gasteiger partial charge on any atom is -0.387 e. The zero-order chi connectivity index (χ0) is 14.3. The first-order valence-electron chi connectivity index (χ1n) is 6.73. The summed E-state index contributed by atoms with van der Waals surface area (Å²) >= 11 is 0. The van der Waals surface area contributed by atoms with E-state index >= 15 is 0 Å². The zero-order valence-corrected chi connectivity index (χ0v) is 11.5. The number of nitrogens with zero attached hydrogens (tertiary/aromatic N) is 3. The highest BCUT2D eigenvalue weighted by Crippen LogP contribution is 2.26. The van der Waals surface area contributed by atoms with Gasteiger partial charge in [0.05, 0.1) is 29.2 Å². The van der Waals surface area contributed by atoms with Gasteiger partial charge in [-0.2, -0.15) is 0 Å². The molecule has 0 aromatic carbocycles. The average Bonchev–Trinajstić information content (AvgIpc) is 3.20. The van der Waals surface area contributed by atoms with E-state index in [2.05, 4.69) is 20.3 Å². The Morgan fingerprint density at radius 3 is 2.65 bits per heavy atom. The van der Waals surface area contributed by atoms with E-state index in [1.165, 1.54) is 12.8 Å². The molecule has 0 spiro atoms. The van der Waals surface area contributed by atoms with Crippen LogP contribution < -0.4 is 5.32 Å². The molecule has 106 valence electrons. The molecule has 2 aromatic rings. The first kappa shape index (κ1) is 13.2. The fourth-order valence-corrected chi connectivity index (χ4v) is 1.95. The molecule has 0 amide bonds. The second-order valence-corrected chi connectivity index (χ2v) is 5.83.